The van der Waals surface area contributed by atoms with Gasteiger partial charge in [0.05, 0.1) is 13.2 Å². The van der Waals surface area contributed by atoms with Gasteiger partial charge in [0.1, 0.15) is 24.1 Å². The van der Waals surface area contributed by atoms with Crippen molar-refractivity contribution in [1.82, 2.24) is 4.90 Å². The first-order chi connectivity index (χ1) is 15.7. The number of benzene rings is 3. The van der Waals surface area contributed by atoms with Crippen LogP contribution >= 0.6 is 0 Å². The van der Waals surface area contributed by atoms with E-state index in [0.717, 1.165) is 41.0 Å². The van der Waals surface area contributed by atoms with Crippen LogP contribution in [-0.4, -0.2) is 35.7 Å². The number of piperidine rings is 1. The zero-order valence-corrected chi connectivity index (χ0v) is 18.3. The molecule has 32 heavy (non-hydrogen) atoms. The van der Waals surface area contributed by atoms with Crippen molar-refractivity contribution in [3.05, 3.63) is 95.6 Å². The fourth-order valence-corrected chi connectivity index (χ4v) is 4.46. The van der Waals surface area contributed by atoms with Gasteiger partial charge in [-0.3, -0.25) is 9.69 Å². The van der Waals surface area contributed by atoms with E-state index in [1.165, 1.54) is 0 Å². The van der Waals surface area contributed by atoms with Crippen molar-refractivity contribution in [2.24, 2.45) is 0 Å². The summed E-state index contributed by atoms with van der Waals surface area (Å²) in [6.07, 6.45) is 2.53. The molecule has 0 bridgehead atoms. The summed E-state index contributed by atoms with van der Waals surface area (Å²) in [5, 5.41) is 9.98. The van der Waals surface area contributed by atoms with Crippen molar-refractivity contribution < 1.29 is 19.4 Å². The van der Waals surface area contributed by atoms with E-state index >= 15 is 0 Å². The van der Waals surface area contributed by atoms with Gasteiger partial charge in [-0.05, 0) is 48.7 Å². The predicted octanol–water partition coefficient (Wildman–Crippen LogP) is 5.30. The smallest absolute Gasteiger partial charge is 0.320 e. The molecule has 2 unspecified atom stereocenters. The van der Waals surface area contributed by atoms with E-state index in [9.17, 15) is 9.90 Å². The maximum absolute atomic E-state index is 12.2. The lowest BCUT2D eigenvalue weighted by molar-refractivity contribution is -0.145. The van der Waals surface area contributed by atoms with Crippen LogP contribution in [0.25, 0.3) is 0 Å². The highest BCUT2D eigenvalue weighted by molar-refractivity contribution is 5.73. The Kier molecular flexibility index (Phi) is 7.07. The first kappa shape index (κ1) is 21.9. The largest absolute Gasteiger partial charge is 0.497 e. The molecule has 0 aliphatic carbocycles. The monoisotopic (exact) mass is 431 g/mol. The summed E-state index contributed by atoms with van der Waals surface area (Å²) >= 11 is 0. The molecule has 166 valence electrons. The molecule has 0 saturated carbocycles. The van der Waals surface area contributed by atoms with Crippen LogP contribution in [0.4, 0.5) is 0 Å². The van der Waals surface area contributed by atoms with Gasteiger partial charge in [-0.25, -0.2) is 0 Å². The van der Waals surface area contributed by atoms with Gasteiger partial charge >= 0.3 is 5.97 Å². The number of hydrogen-bond donors (Lipinski definition) is 1. The third-order valence-corrected chi connectivity index (χ3v) is 6.02. The van der Waals surface area contributed by atoms with Crippen LogP contribution in [-0.2, 0) is 11.4 Å². The molecule has 4 rings (SSSR count). The summed E-state index contributed by atoms with van der Waals surface area (Å²) in [4.78, 5) is 14.3. The molecule has 0 amide bonds. The number of aliphatic carboxylic acids is 1. The molecule has 5 nitrogen and oxygen atoms in total. The predicted molar refractivity (Wildman–Crippen MR) is 124 cm³/mol. The summed E-state index contributed by atoms with van der Waals surface area (Å²) in [7, 11) is 1.64. The quantitative estimate of drug-likeness (QED) is 0.524. The second-order valence-corrected chi connectivity index (χ2v) is 8.08. The zero-order valence-electron chi connectivity index (χ0n) is 18.3. The molecular formula is C27H29NO4. The van der Waals surface area contributed by atoms with Crippen molar-refractivity contribution in [2.75, 3.05) is 13.7 Å². The Hall–Kier alpha value is -3.31. The second kappa shape index (κ2) is 10.3. The second-order valence-electron chi connectivity index (χ2n) is 8.08. The lowest BCUT2D eigenvalue weighted by Crippen LogP contribution is -2.46. The first-order valence-corrected chi connectivity index (χ1v) is 11.1. The SMILES string of the molecule is COc1cccc(C(c2ccccc2OCc2ccccc2)N2CCCCC2C(=O)O)c1. The van der Waals surface area contributed by atoms with Crippen molar-refractivity contribution in [2.45, 2.75) is 38.0 Å². The zero-order chi connectivity index (χ0) is 22.3. The normalized spacial score (nSPS) is 17.5. The van der Waals surface area contributed by atoms with Crippen molar-refractivity contribution in [3.8, 4) is 11.5 Å². The number of para-hydroxylation sites is 1. The summed E-state index contributed by atoms with van der Waals surface area (Å²) in [6, 6.07) is 25.1. The average Bonchev–Trinajstić information content (AvgIpc) is 2.84. The van der Waals surface area contributed by atoms with Gasteiger partial charge in [-0.15, -0.1) is 0 Å². The summed E-state index contributed by atoms with van der Waals surface area (Å²) in [6.45, 7) is 1.16. The third kappa shape index (κ3) is 4.94. The third-order valence-electron chi connectivity index (χ3n) is 6.02. The van der Waals surface area contributed by atoms with Crippen LogP contribution in [0.15, 0.2) is 78.9 Å². The fraction of sp³-hybridized carbons (Fsp3) is 0.296. The van der Waals surface area contributed by atoms with Gasteiger partial charge in [-0.1, -0.05) is 67.1 Å². The highest BCUT2D eigenvalue weighted by Gasteiger charge is 2.36. The van der Waals surface area contributed by atoms with Gasteiger partial charge < -0.3 is 14.6 Å². The molecule has 3 aromatic carbocycles. The standard InChI is InChI=1S/C27H29NO4/c1-31-22-13-9-12-21(18-22)26(28-17-8-7-15-24(28)27(29)30)23-14-5-6-16-25(23)32-19-20-10-3-2-4-11-20/h2-6,9-14,16,18,24,26H,7-8,15,17,19H2,1H3,(H,29,30). The average molecular weight is 432 g/mol. The summed E-state index contributed by atoms with van der Waals surface area (Å²) in [5.74, 6) is 0.734. The molecule has 1 heterocycles. The number of ether oxygens (including phenoxy) is 2. The number of carboxylic acids is 1. The lowest BCUT2D eigenvalue weighted by Gasteiger charge is -2.40. The Morgan fingerprint density at radius 2 is 1.81 bits per heavy atom. The van der Waals surface area contributed by atoms with Crippen LogP contribution in [0.2, 0.25) is 0 Å². The highest BCUT2D eigenvalue weighted by Crippen LogP contribution is 2.39. The van der Waals surface area contributed by atoms with Crippen LogP contribution in [0.3, 0.4) is 0 Å². The van der Waals surface area contributed by atoms with Crippen molar-refractivity contribution in [3.63, 3.8) is 0 Å². The molecule has 1 N–H and O–H groups in total. The minimum Gasteiger partial charge on any atom is -0.497 e. The Balaban J connectivity index is 1.75. The molecule has 5 heteroatoms. The van der Waals surface area contributed by atoms with Gasteiger partial charge in [0.2, 0.25) is 0 Å². The fourth-order valence-electron chi connectivity index (χ4n) is 4.46. The molecule has 1 aliphatic heterocycles. The van der Waals surface area contributed by atoms with E-state index in [2.05, 4.69) is 4.90 Å². The van der Waals surface area contributed by atoms with E-state index in [4.69, 9.17) is 9.47 Å². The topological polar surface area (TPSA) is 59.0 Å². The number of hydrogen-bond acceptors (Lipinski definition) is 4. The lowest BCUT2D eigenvalue weighted by atomic mass is 9.91. The van der Waals surface area contributed by atoms with E-state index in [1.807, 2.05) is 78.9 Å². The maximum Gasteiger partial charge on any atom is 0.320 e. The van der Waals surface area contributed by atoms with Crippen LogP contribution in [0.5, 0.6) is 11.5 Å². The summed E-state index contributed by atoms with van der Waals surface area (Å²) in [5.41, 5.74) is 3.04. The number of likely N-dealkylation sites (tertiary alicyclic amines) is 1. The molecule has 0 radical (unpaired) electrons. The highest BCUT2D eigenvalue weighted by atomic mass is 16.5. The maximum atomic E-state index is 12.2. The van der Waals surface area contributed by atoms with Crippen LogP contribution in [0.1, 0.15) is 42.0 Å². The number of carbonyl (C=O) groups is 1. The number of carboxylic acid groups (broad SMARTS) is 1. The van der Waals surface area contributed by atoms with Gasteiger partial charge in [0, 0.05) is 5.56 Å². The molecule has 0 aromatic heterocycles. The molecule has 0 spiro atoms. The molecule has 1 fully saturated rings. The van der Waals surface area contributed by atoms with Gasteiger partial charge in [0.25, 0.3) is 0 Å². The molecule has 3 aromatic rings. The van der Waals surface area contributed by atoms with E-state index in [-0.39, 0.29) is 6.04 Å². The van der Waals surface area contributed by atoms with E-state index < -0.39 is 12.0 Å². The molecule has 1 aliphatic rings. The number of rotatable bonds is 8. The first-order valence-electron chi connectivity index (χ1n) is 11.1. The number of methoxy groups -OCH3 is 1. The van der Waals surface area contributed by atoms with Crippen LogP contribution < -0.4 is 9.47 Å². The molecule has 2 atom stereocenters. The minimum absolute atomic E-state index is 0.251. The minimum atomic E-state index is -0.778. The molecule has 1 saturated heterocycles. The van der Waals surface area contributed by atoms with Gasteiger partial charge in [0.15, 0.2) is 0 Å². The van der Waals surface area contributed by atoms with Crippen molar-refractivity contribution in [1.29, 1.82) is 0 Å². The molecular weight excluding hydrogens is 402 g/mol. The summed E-state index contributed by atoms with van der Waals surface area (Å²) < 4.78 is 11.7. The van der Waals surface area contributed by atoms with Crippen molar-refractivity contribution >= 4 is 5.97 Å². The van der Waals surface area contributed by atoms with Crippen LogP contribution in [0, 0.1) is 0 Å². The van der Waals surface area contributed by atoms with E-state index in [1.54, 1.807) is 7.11 Å². The van der Waals surface area contributed by atoms with E-state index in [0.29, 0.717) is 19.6 Å². The Labute approximate surface area is 189 Å². The Morgan fingerprint density at radius 3 is 2.59 bits per heavy atom. The Morgan fingerprint density at radius 1 is 1.03 bits per heavy atom. The van der Waals surface area contributed by atoms with Gasteiger partial charge in [-0.2, -0.15) is 0 Å². The number of nitrogens with zero attached hydrogens (tertiary/aromatic N) is 1. The Bertz CT molecular complexity index is 1040.